The predicted molar refractivity (Wildman–Crippen MR) is 33.4 cm³/mol. The molecule has 1 rings (SSSR count). The maximum Gasteiger partial charge on any atom is 0.328 e. The lowest BCUT2D eigenvalue weighted by Gasteiger charge is -2.11. The van der Waals surface area contributed by atoms with E-state index in [-0.39, 0.29) is 13.0 Å². The summed E-state index contributed by atoms with van der Waals surface area (Å²) in [7, 11) is 0. The summed E-state index contributed by atoms with van der Waals surface area (Å²) < 4.78 is 12.5. The van der Waals surface area contributed by atoms with Gasteiger partial charge >= 0.3 is 5.97 Å². The van der Waals surface area contributed by atoms with Crippen molar-refractivity contribution in [3.63, 3.8) is 0 Å². The smallest absolute Gasteiger partial charge is 0.328 e. The van der Waals surface area contributed by atoms with E-state index in [1.165, 1.54) is 0 Å². The van der Waals surface area contributed by atoms with E-state index in [1.807, 2.05) is 0 Å². The van der Waals surface area contributed by atoms with Crippen LogP contribution < -0.4 is 0 Å². The maximum atomic E-state index is 12.5. The molecule has 5 nitrogen and oxygen atoms in total. The van der Waals surface area contributed by atoms with Crippen LogP contribution in [0.25, 0.3) is 0 Å². The van der Waals surface area contributed by atoms with Crippen molar-refractivity contribution >= 4 is 5.97 Å². The van der Waals surface area contributed by atoms with E-state index in [0.29, 0.717) is 5.01 Å². The van der Waals surface area contributed by atoms with Gasteiger partial charge in [0.25, 0.3) is 0 Å². The Balaban J connectivity index is 2.64. The van der Waals surface area contributed by atoms with Crippen LogP contribution in [0.5, 0.6) is 0 Å². The molecule has 0 aromatic rings. The molecule has 0 saturated carbocycles. The second kappa shape index (κ2) is 2.81. The molecule has 1 fully saturated rings. The molecule has 11 heavy (non-hydrogen) atoms. The number of alkyl halides is 1. The lowest BCUT2D eigenvalue weighted by Crippen LogP contribution is -2.31. The van der Waals surface area contributed by atoms with E-state index in [4.69, 9.17) is 5.11 Å². The van der Waals surface area contributed by atoms with Gasteiger partial charge in [-0.1, -0.05) is 0 Å². The van der Waals surface area contributed by atoms with Crippen molar-refractivity contribution in [2.75, 3.05) is 6.54 Å². The lowest BCUT2D eigenvalue weighted by atomic mass is 10.2. The van der Waals surface area contributed by atoms with Crippen LogP contribution in [0.2, 0.25) is 0 Å². The van der Waals surface area contributed by atoms with E-state index in [1.54, 1.807) is 0 Å². The van der Waals surface area contributed by atoms with Crippen molar-refractivity contribution in [2.24, 2.45) is 5.29 Å². The Hall–Kier alpha value is -1.20. The summed E-state index contributed by atoms with van der Waals surface area (Å²) in [6, 6.07) is -1.08. The van der Waals surface area contributed by atoms with E-state index < -0.39 is 18.2 Å². The molecule has 1 saturated heterocycles. The average molecular weight is 162 g/mol. The highest BCUT2D eigenvalue weighted by Gasteiger charge is 2.37. The number of nitroso groups, excluding NO2 is 1. The number of nitrogens with zero attached hydrogens (tertiary/aromatic N) is 2. The van der Waals surface area contributed by atoms with Gasteiger partial charge < -0.3 is 5.11 Å². The van der Waals surface area contributed by atoms with Crippen molar-refractivity contribution in [3.05, 3.63) is 4.91 Å². The molecular formula is C5H7FN2O3. The zero-order chi connectivity index (χ0) is 8.43. The lowest BCUT2D eigenvalue weighted by molar-refractivity contribution is -0.142. The second-order valence-corrected chi connectivity index (χ2v) is 2.39. The summed E-state index contributed by atoms with van der Waals surface area (Å²) in [6.07, 6.45) is -1.41. The molecule has 0 bridgehead atoms. The number of hydrogen-bond donors (Lipinski definition) is 1. The Morgan fingerprint density at radius 3 is 2.73 bits per heavy atom. The van der Waals surface area contributed by atoms with Gasteiger partial charge in [0.2, 0.25) is 0 Å². The molecule has 1 heterocycles. The Bertz CT molecular complexity index is 187. The summed E-state index contributed by atoms with van der Waals surface area (Å²) in [5.74, 6) is -1.20. The van der Waals surface area contributed by atoms with E-state index in [9.17, 15) is 14.1 Å². The van der Waals surface area contributed by atoms with Crippen LogP contribution in [0.15, 0.2) is 5.29 Å². The zero-order valence-corrected chi connectivity index (χ0v) is 5.61. The first-order chi connectivity index (χ1) is 5.15. The van der Waals surface area contributed by atoms with E-state index >= 15 is 0 Å². The van der Waals surface area contributed by atoms with Crippen molar-refractivity contribution < 1.29 is 14.3 Å². The van der Waals surface area contributed by atoms with Gasteiger partial charge in [0.1, 0.15) is 6.17 Å². The third-order valence-corrected chi connectivity index (χ3v) is 1.61. The predicted octanol–water partition coefficient (Wildman–Crippen LogP) is 0.165. The molecule has 1 aliphatic rings. The topological polar surface area (TPSA) is 70.0 Å². The number of hydrogen-bond acceptors (Lipinski definition) is 3. The molecule has 0 amide bonds. The van der Waals surface area contributed by atoms with Gasteiger partial charge in [0.15, 0.2) is 6.04 Å². The van der Waals surface area contributed by atoms with Gasteiger partial charge in [-0.25, -0.2) is 14.2 Å². The molecule has 1 N–H and O–H groups in total. The average Bonchev–Trinajstić information content (AvgIpc) is 2.30. The van der Waals surface area contributed by atoms with Gasteiger partial charge in [0, 0.05) is 6.42 Å². The molecule has 6 heteroatoms. The SMILES string of the molecule is O=NN1C[C@H](F)C[C@H]1C(=O)O. The summed E-state index contributed by atoms with van der Waals surface area (Å²) >= 11 is 0. The van der Waals surface area contributed by atoms with Crippen LogP contribution in [-0.4, -0.2) is 34.8 Å². The maximum absolute atomic E-state index is 12.5. The van der Waals surface area contributed by atoms with E-state index in [2.05, 4.69) is 5.29 Å². The highest BCUT2D eigenvalue weighted by atomic mass is 19.1. The number of aliphatic carboxylic acids is 1. The molecule has 0 aromatic heterocycles. The summed E-state index contributed by atoms with van der Waals surface area (Å²) in [6.45, 7) is -0.208. The standard InChI is InChI=1S/C5H7FN2O3/c6-3-1-4(5(9)10)8(2-3)7-11/h3-4H,1-2H2,(H,9,10)/t3-,4+/m1/s1. The van der Waals surface area contributed by atoms with Gasteiger partial charge in [0.05, 0.1) is 11.8 Å². The van der Waals surface area contributed by atoms with Crippen LogP contribution >= 0.6 is 0 Å². The zero-order valence-electron chi connectivity index (χ0n) is 5.61. The second-order valence-electron chi connectivity index (χ2n) is 2.39. The first-order valence-electron chi connectivity index (χ1n) is 3.12. The first kappa shape index (κ1) is 7.90. The minimum absolute atomic E-state index is 0.152. The van der Waals surface area contributed by atoms with Crippen LogP contribution in [0.1, 0.15) is 6.42 Å². The van der Waals surface area contributed by atoms with Gasteiger partial charge in [-0.3, -0.25) is 0 Å². The fourth-order valence-corrected chi connectivity index (χ4v) is 1.09. The minimum Gasteiger partial charge on any atom is -0.480 e. The largest absolute Gasteiger partial charge is 0.480 e. The van der Waals surface area contributed by atoms with Crippen LogP contribution in [-0.2, 0) is 4.79 Å². The highest BCUT2D eigenvalue weighted by molar-refractivity contribution is 5.73. The molecule has 0 aliphatic carbocycles. The van der Waals surface area contributed by atoms with Crippen molar-refractivity contribution in [3.8, 4) is 0 Å². The molecule has 1 aliphatic heterocycles. The first-order valence-corrected chi connectivity index (χ1v) is 3.12. The molecule has 0 aromatic carbocycles. The molecule has 2 atom stereocenters. The quantitative estimate of drug-likeness (QED) is 0.587. The Labute approximate surface area is 61.7 Å². The summed E-state index contributed by atoms with van der Waals surface area (Å²) in [5.41, 5.74) is 0. The Kier molecular flexibility index (Phi) is 2.02. The van der Waals surface area contributed by atoms with Gasteiger partial charge in [-0.05, 0) is 0 Å². The summed E-state index contributed by atoms with van der Waals surface area (Å²) in [4.78, 5) is 20.2. The number of halogens is 1. The third kappa shape index (κ3) is 1.44. The van der Waals surface area contributed by atoms with Crippen LogP contribution in [0, 0.1) is 4.91 Å². The molecule has 0 spiro atoms. The number of rotatable bonds is 2. The molecule has 0 radical (unpaired) electrons. The van der Waals surface area contributed by atoms with Crippen molar-refractivity contribution in [2.45, 2.75) is 18.6 Å². The van der Waals surface area contributed by atoms with Crippen molar-refractivity contribution in [1.29, 1.82) is 0 Å². The Morgan fingerprint density at radius 2 is 2.36 bits per heavy atom. The molecule has 62 valence electrons. The van der Waals surface area contributed by atoms with Crippen LogP contribution in [0.4, 0.5) is 4.39 Å². The normalized spacial score (nSPS) is 30.5. The summed E-state index contributed by atoms with van der Waals surface area (Å²) in [5, 5.41) is 11.5. The number of carbonyl (C=O) groups is 1. The fraction of sp³-hybridized carbons (Fsp3) is 0.800. The monoisotopic (exact) mass is 162 g/mol. The van der Waals surface area contributed by atoms with Gasteiger partial charge in [-0.15, -0.1) is 4.91 Å². The molecular weight excluding hydrogens is 155 g/mol. The van der Waals surface area contributed by atoms with Gasteiger partial charge in [-0.2, -0.15) is 0 Å². The van der Waals surface area contributed by atoms with Crippen molar-refractivity contribution in [1.82, 2.24) is 5.01 Å². The minimum atomic E-state index is -1.26. The number of carboxylic acids is 1. The fourth-order valence-electron chi connectivity index (χ4n) is 1.09. The Morgan fingerprint density at radius 1 is 1.73 bits per heavy atom. The highest BCUT2D eigenvalue weighted by Crippen LogP contribution is 2.20. The van der Waals surface area contributed by atoms with E-state index in [0.717, 1.165) is 0 Å². The third-order valence-electron chi connectivity index (χ3n) is 1.61. The van der Waals surface area contributed by atoms with Crippen LogP contribution in [0.3, 0.4) is 0 Å². The molecule has 0 unspecified atom stereocenters. The number of carboxylic acid groups (broad SMARTS) is 1.